The summed E-state index contributed by atoms with van der Waals surface area (Å²) in [7, 11) is -0.390. The van der Waals surface area contributed by atoms with Crippen molar-refractivity contribution < 1.29 is 74.6 Å². The summed E-state index contributed by atoms with van der Waals surface area (Å²) >= 11 is 0. The Kier molecular flexibility index (Phi) is 9.05. The number of nitrogens with zero attached hydrogens (tertiary/aromatic N) is 1. The van der Waals surface area contributed by atoms with E-state index in [4.69, 9.17) is 5.26 Å². The average Bonchev–Trinajstić information content (AvgIpc) is 2.62. The molecule has 0 heterocycles. The second-order valence-electron chi connectivity index (χ2n) is 6.41. The first-order chi connectivity index (χ1) is 14.3. The maximum Gasteiger partial charge on any atom is 0.460 e. The second-order valence-corrected chi connectivity index (χ2v) is 7.91. The van der Waals surface area contributed by atoms with Crippen LogP contribution in [-0.4, -0.2) is 60.0 Å². The Labute approximate surface area is 175 Å². The molecular weight excluding hydrogens is 536 g/mol. The van der Waals surface area contributed by atoms with Gasteiger partial charge in [-0.05, 0) is 18.7 Å². The molecule has 0 fully saturated rings. The first kappa shape index (κ1) is 31.7. The van der Waals surface area contributed by atoms with Crippen molar-refractivity contribution in [1.29, 1.82) is 5.26 Å². The zero-order valence-electron chi connectivity index (χ0n) is 15.4. The number of hydrogen-bond acceptors (Lipinski definition) is 1. The molecule has 0 aliphatic heterocycles. The molecule has 0 aromatic rings. The topological polar surface area (TPSA) is 23.8 Å². The van der Waals surface area contributed by atoms with E-state index in [1.807, 2.05) is 0 Å². The Morgan fingerprint density at radius 3 is 1.24 bits per heavy atom. The van der Waals surface area contributed by atoms with Gasteiger partial charge in [0, 0.05) is 12.8 Å². The Morgan fingerprint density at radius 2 is 0.879 bits per heavy atom. The summed E-state index contributed by atoms with van der Waals surface area (Å²) in [5.41, 5.74) is 0. The van der Waals surface area contributed by atoms with Gasteiger partial charge < -0.3 is 0 Å². The summed E-state index contributed by atoms with van der Waals surface area (Å²) in [4.78, 5) is 0. The highest BCUT2D eigenvalue weighted by Gasteiger charge is 2.95. The maximum absolute atomic E-state index is 13.5. The van der Waals surface area contributed by atoms with Gasteiger partial charge in [0.2, 0.25) is 0 Å². The standard InChI is InChI=1S/C14H11F17NP/c15-7(16,3-1-5-33-6-2-4-32)8(17,18)9(19,20)10(21,22)11(23,24)12(25,26)13(27,28)14(29,30)31/h33H,1-3,5-6H2. The van der Waals surface area contributed by atoms with Crippen LogP contribution in [0.25, 0.3) is 0 Å². The Hall–Kier alpha value is -1.27. The van der Waals surface area contributed by atoms with Crippen molar-refractivity contribution in [3.8, 4) is 6.07 Å². The summed E-state index contributed by atoms with van der Waals surface area (Å²) in [5, 5.41) is 8.20. The highest BCUT2D eigenvalue weighted by atomic mass is 31.1. The average molecular weight is 547 g/mol. The molecule has 0 N–H and O–H groups in total. The van der Waals surface area contributed by atoms with Gasteiger partial charge in [-0.3, -0.25) is 0 Å². The molecular formula is C14H11F17NP. The van der Waals surface area contributed by atoms with Gasteiger partial charge in [0.15, 0.2) is 0 Å². The lowest BCUT2D eigenvalue weighted by Gasteiger charge is -2.42. The third kappa shape index (κ3) is 5.07. The lowest BCUT2D eigenvalue weighted by molar-refractivity contribution is -0.461. The van der Waals surface area contributed by atoms with Gasteiger partial charge in [-0.15, -0.1) is 8.58 Å². The van der Waals surface area contributed by atoms with Crippen LogP contribution in [0.3, 0.4) is 0 Å². The van der Waals surface area contributed by atoms with E-state index < -0.39 is 75.2 Å². The molecule has 0 spiro atoms. The largest absolute Gasteiger partial charge is 0.460 e. The zero-order chi connectivity index (χ0) is 26.9. The molecule has 0 aliphatic rings. The van der Waals surface area contributed by atoms with Crippen LogP contribution in [0.4, 0.5) is 74.6 Å². The molecule has 0 radical (unpaired) electrons. The Bertz CT molecular complexity index is 705. The molecule has 0 saturated heterocycles. The summed E-state index contributed by atoms with van der Waals surface area (Å²) in [6.45, 7) is 0. The highest BCUT2D eigenvalue weighted by molar-refractivity contribution is 7.37. The number of hydrogen-bond donors (Lipinski definition) is 0. The molecule has 0 amide bonds. The molecule has 0 aromatic heterocycles. The first-order valence-electron chi connectivity index (χ1n) is 8.10. The molecule has 0 aromatic carbocycles. The van der Waals surface area contributed by atoms with Crippen LogP contribution in [0.2, 0.25) is 0 Å². The monoisotopic (exact) mass is 547 g/mol. The van der Waals surface area contributed by atoms with Crippen molar-refractivity contribution in [2.45, 2.75) is 66.9 Å². The minimum absolute atomic E-state index is 0.0292. The normalized spacial score (nSPS) is 15.9. The second kappa shape index (κ2) is 9.41. The predicted octanol–water partition coefficient (Wildman–Crippen LogP) is 7.37. The van der Waals surface area contributed by atoms with Gasteiger partial charge in [0.25, 0.3) is 0 Å². The van der Waals surface area contributed by atoms with Crippen molar-refractivity contribution in [2.75, 3.05) is 12.3 Å². The van der Waals surface area contributed by atoms with Crippen LogP contribution in [0.15, 0.2) is 0 Å². The zero-order valence-corrected chi connectivity index (χ0v) is 16.4. The first-order valence-corrected chi connectivity index (χ1v) is 9.51. The minimum Gasteiger partial charge on any atom is -0.200 e. The van der Waals surface area contributed by atoms with Crippen LogP contribution in [-0.2, 0) is 0 Å². The van der Waals surface area contributed by atoms with Crippen molar-refractivity contribution in [3.05, 3.63) is 0 Å². The lowest BCUT2D eigenvalue weighted by Crippen LogP contribution is -2.74. The number of halogens is 17. The molecule has 1 atom stereocenters. The number of nitriles is 1. The van der Waals surface area contributed by atoms with E-state index in [0.29, 0.717) is 0 Å². The quantitative estimate of drug-likeness (QED) is 0.142. The van der Waals surface area contributed by atoms with E-state index in [9.17, 15) is 74.6 Å². The molecule has 1 nitrogen and oxygen atoms in total. The molecule has 0 aliphatic carbocycles. The van der Waals surface area contributed by atoms with Gasteiger partial charge in [-0.1, -0.05) is 0 Å². The van der Waals surface area contributed by atoms with E-state index in [-0.39, 0.29) is 12.6 Å². The van der Waals surface area contributed by atoms with E-state index in [1.54, 1.807) is 6.07 Å². The van der Waals surface area contributed by atoms with Gasteiger partial charge >= 0.3 is 47.6 Å². The van der Waals surface area contributed by atoms with Crippen LogP contribution in [0.1, 0.15) is 19.3 Å². The molecule has 0 rings (SSSR count). The summed E-state index contributed by atoms with van der Waals surface area (Å²) in [6, 6.07) is 1.58. The Balaban J connectivity index is 6.14. The van der Waals surface area contributed by atoms with Crippen molar-refractivity contribution in [1.82, 2.24) is 0 Å². The summed E-state index contributed by atoms with van der Waals surface area (Å²) in [6.07, 6.45) is -11.9. The number of alkyl halides is 17. The van der Waals surface area contributed by atoms with Crippen LogP contribution in [0, 0.1) is 11.3 Å². The van der Waals surface area contributed by atoms with E-state index in [2.05, 4.69) is 0 Å². The van der Waals surface area contributed by atoms with E-state index >= 15 is 0 Å². The van der Waals surface area contributed by atoms with E-state index in [1.165, 1.54) is 0 Å². The number of rotatable bonds is 12. The molecule has 196 valence electrons. The van der Waals surface area contributed by atoms with Gasteiger partial charge in [0.1, 0.15) is 0 Å². The van der Waals surface area contributed by atoms with Gasteiger partial charge in [0.05, 0.1) is 6.07 Å². The maximum atomic E-state index is 13.5. The van der Waals surface area contributed by atoms with Crippen LogP contribution >= 0.6 is 8.58 Å². The van der Waals surface area contributed by atoms with Crippen LogP contribution < -0.4 is 0 Å². The van der Waals surface area contributed by atoms with Gasteiger partial charge in [-0.25, -0.2) is 0 Å². The van der Waals surface area contributed by atoms with Crippen LogP contribution in [0.5, 0.6) is 0 Å². The summed E-state index contributed by atoms with van der Waals surface area (Å²) in [5.74, 6) is -55.9. The Morgan fingerprint density at radius 1 is 0.515 bits per heavy atom. The summed E-state index contributed by atoms with van der Waals surface area (Å²) < 4.78 is 222. The smallest absolute Gasteiger partial charge is 0.200 e. The SMILES string of the molecule is N#CCCPCCCC(F)(F)C(F)(F)C(F)(F)C(F)(F)C(F)(F)C(F)(F)C(F)(F)C(F)(F)F. The van der Waals surface area contributed by atoms with Crippen molar-refractivity contribution in [2.24, 2.45) is 0 Å². The fourth-order valence-corrected chi connectivity index (χ4v) is 3.02. The van der Waals surface area contributed by atoms with Crippen molar-refractivity contribution >= 4 is 8.58 Å². The lowest BCUT2D eigenvalue weighted by atomic mass is 9.88. The molecule has 1 unspecified atom stereocenters. The molecule has 33 heavy (non-hydrogen) atoms. The fourth-order valence-electron chi connectivity index (χ4n) is 2.06. The predicted molar refractivity (Wildman–Crippen MR) is 78.2 cm³/mol. The molecule has 0 bridgehead atoms. The fraction of sp³-hybridized carbons (Fsp3) is 0.929. The molecule has 19 heteroatoms. The van der Waals surface area contributed by atoms with Gasteiger partial charge in [-0.2, -0.15) is 79.9 Å². The van der Waals surface area contributed by atoms with Crippen molar-refractivity contribution in [3.63, 3.8) is 0 Å². The van der Waals surface area contributed by atoms with E-state index in [0.717, 1.165) is 0 Å². The molecule has 0 saturated carbocycles. The minimum atomic E-state index is -8.60. The highest BCUT2D eigenvalue weighted by Crippen LogP contribution is 2.64. The third-order valence-corrected chi connectivity index (χ3v) is 5.36. The third-order valence-electron chi connectivity index (χ3n) is 4.04.